The van der Waals surface area contributed by atoms with Gasteiger partial charge in [0.25, 0.3) is 0 Å². The van der Waals surface area contributed by atoms with E-state index in [2.05, 4.69) is 20.8 Å². The summed E-state index contributed by atoms with van der Waals surface area (Å²) in [4.78, 5) is 10.6. The lowest BCUT2D eigenvalue weighted by molar-refractivity contribution is -0.137. The summed E-state index contributed by atoms with van der Waals surface area (Å²) in [7, 11) is 0. The van der Waals surface area contributed by atoms with Crippen LogP contribution in [-0.4, -0.2) is 11.1 Å². The fourth-order valence-corrected chi connectivity index (χ4v) is 3.01. The average molecular weight is 313 g/mol. The molecule has 0 aliphatic rings. The summed E-state index contributed by atoms with van der Waals surface area (Å²) in [6.07, 6.45) is 18.8. The molecule has 0 rings (SSSR count). The average Bonchev–Trinajstić information content (AvgIpc) is 2.46. The lowest BCUT2D eigenvalue weighted by Crippen LogP contribution is -2.13. The van der Waals surface area contributed by atoms with Gasteiger partial charge >= 0.3 is 5.97 Å². The van der Waals surface area contributed by atoms with E-state index in [0.29, 0.717) is 6.42 Å². The Labute approximate surface area is 139 Å². The van der Waals surface area contributed by atoms with Gasteiger partial charge in [-0.15, -0.1) is 0 Å². The molecular weight excluding hydrogens is 272 g/mol. The van der Waals surface area contributed by atoms with Crippen molar-refractivity contribution in [1.82, 2.24) is 0 Å². The molecule has 2 heteroatoms. The van der Waals surface area contributed by atoms with Crippen molar-refractivity contribution in [3.8, 4) is 0 Å². The van der Waals surface area contributed by atoms with Crippen LogP contribution in [0.15, 0.2) is 0 Å². The van der Waals surface area contributed by atoms with E-state index in [-0.39, 0.29) is 5.41 Å². The fourth-order valence-electron chi connectivity index (χ4n) is 3.01. The van der Waals surface area contributed by atoms with Gasteiger partial charge in [-0.05, 0) is 18.3 Å². The third-order valence-electron chi connectivity index (χ3n) is 4.72. The molecule has 0 aromatic carbocycles. The summed E-state index contributed by atoms with van der Waals surface area (Å²) < 4.78 is 0. The molecule has 0 bridgehead atoms. The number of hydrogen-bond acceptors (Lipinski definition) is 1. The molecule has 0 saturated heterocycles. The molecule has 1 N–H and O–H groups in total. The Hall–Kier alpha value is -0.530. The monoisotopic (exact) mass is 312 g/mol. The quantitative estimate of drug-likeness (QED) is 0.312. The van der Waals surface area contributed by atoms with Gasteiger partial charge in [0.1, 0.15) is 0 Å². The smallest absolute Gasteiger partial charge is 0.303 e. The van der Waals surface area contributed by atoms with Crippen LogP contribution in [0.1, 0.15) is 117 Å². The second-order valence-electron chi connectivity index (χ2n) is 7.70. The van der Waals surface area contributed by atoms with Crippen LogP contribution >= 0.6 is 0 Å². The maximum Gasteiger partial charge on any atom is 0.303 e. The second kappa shape index (κ2) is 14.1. The summed E-state index contributed by atoms with van der Waals surface area (Å²) >= 11 is 0. The summed E-state index contributed by atoms with van der Waals surface area (Å²) in [5, 5.41) is 8.75. The van der Waals surface area contributed by atoms with Crippen LogP contribution in [0, 0.1) is 5.41 Å². The number of aliphatic carboxylic acids is 1. The number of carbonyl (C=O) groups is 1. The molecule has 0 aliphatic heterocycles. The molecule has 0 atom stereocenters. The maximum atomic E-state index is 10.6. The van der Waals surface area contributed by atoms with Gasteiger partial charge < -0.3 is 5.11 Å². The number of carboxylic acids is 1. The SMILES string of the molecule is CCCCCCCCCCCCCCC(C)(C)CCC(=O)O. The van der Waals surface area contributed by atoms with Crippen LogP contribution in [0.2, 0.25) is 0 Å². The first-order valence-electron chi connectivity index (χ1n) is 9.70. The molecular formula is C20H40O2. The Balaban J connectivity index is 3.27. The molecule has 132 valence electrons. The standard InChI is InChI=1S/C20H40O2/c1-4-5-6-7-8-9-10-11-12-13-14-15-17-20(2,3)18-16-19(21)22/h4-18H2,1-3H3,(H,21,22). The van der Waals surface area contributed by atoms with Crippen molar-refractivity contribution in [3.05, 3.63) is 0 Å². The molecule has 0 aliphatic carbocycles. The highest BCUT2D eigenvalue weighted by molar-refractivity contribution is 5.66. The van der Waals surface area contributed by atoms with Gasteiger partial charge in [0.2, 0.25) is 0 Å². The third kappa shape index (κ3) is 15.9. The van der Waals surface area contributed by atoms with Crippen molar-refractivity contribution < 1.29 is 9.90 Å². The molecule has 0 fully saturated rings. The van der Waals surface area contributed by atoms with Crippen LogP contribution < -0.4 is 0 Å². The van der Waals surface area contributed by atoms with Crippen LogP contribution in [-0.2, 0) is 4.79 Å². The Morgan fingerprint density at radius 2 is 1.14 bits per heavy atom. The van der Waals surface area contributed by atoms with Crippen molar-refractivity contribution in [2.45, 2.75) is 117 Å². The number of unbranched alkanes of at least 4 members (excludes halogenated alkanes) is 11. The van der Waals surface area contributed by atoms with E-state index in [1.807, 2.05) is 0 Å². The van der Waals surface area contributed by atoms with Crippen LogP contribution in [0.5, 0.6) is 0 Å². The molecule has 0 radical (unpaired) electrons. The van der Waals surface area contributed by atoms with Crippen LogP contribution in [0.3, 0.4) is 0 Å². The molecule has 0 spiro atoms. The van der Waals surface area contributed by atoms with E-state index in [1.54, 1.807) is 0 Å². The molecule has 2 nitrogen and oxygen atoms in total. The molecule has 0 unspecified atom stereocenters. The Morgan fingerprint density at radius 3 is 1.55 bits per heavy atom. The molecule has 22 heavy (non-hydrogen) atoms. The van der Waals surface area contributed by atoms with E-state index in [0.717, 1.165) is 12.8 Å². The molecule has 0 aromatic rings. The van der Waals surface area contributed by atoms with Gasteiger partial charge in [0, 0.05) is 6.42 Å². The summed E-state index contributed by atoms with van der Waals surface area (Å²) in [6, 6.07) is 0. The number of hydrogen-bond donors (Lipinski definition) is 1. The zero-order valence-corrected chi connectivity index (χ0v) is 15.5. The second-order valence-corrected chi connectivity index (χ2v) is 7.70. The van der Waals surface area contributed by atoms with Gasteiger partial charge in [-0.3, -0.25) is 4.79 Å². The first-order chi connectivity index (χ1) is 10.5. The Kier molecular flexibility index (Phi) is 13.7. The Bertz CT molecular complexity index is 258. The van der Waals surface area contributed by atoms with E-state index in [9.17, 15) is 4.79 Å². The summed E-state index contributed by atoms with van der Waals surface area (Å²) in [5.41, 5.74) is 0.191. The molecule has 0 amide bonds. The molecule has 0 heterocycles. The minimum atomic E-state index is -0.664. The zero-order chi connectivity index (χ0) is 16.7. The first kappa shape index (κ1) is 21.5. The van der Waals surface area contributed by atoms with Crippen LogP contribution in [0.25, 0.3) is 0 Å². The van der Waals surface area contributed by atoms with Crippen molar-refractivity contribution >= 4 is 5.97 Å². The summed E-state index contributed by atoms with van der Waals surface area (Å²) in [5.74, 6) is -0.664. The normalized spacial score (nSPS) is 11.8. The van der Waals surface area contributed by atoms with Crippen molar-refractivity contribution in [3.63, 3.8) is 0 Å². The fraction of sp³-hybridized carbons (Fsp3) is 0.950. The minimum Gasteiger partial charge on any atom is -0.481 e. The number of carboxylic acid groups (broad SMARTS) is 1. The lowest BCUT2D eigenvalue weighted by atomic mass is 9.82. The largest absolute Gasteiger partial charge is 0.481 e. The zero-order valence-electron chi connectivity index (χ0n) is 15.5. The predicted molar refractivity (Wildman–Crippen MR) is 96.3 cm³/mol. The van der Waals surface area contributed by atoms with Crippen molar-refractivity contribution in [1.29, 1.82) is 0 Å². The maximum absolute atomic E-state index is 10.6. The van der Waals surface area contributed by atoms with Gasteiger partial charge in [0.05, 0.1) is 0 Å². The highest BCUT2D eigenvalue weighted by Crippen LogP contribution is 2.29. The van der Waals surface area contributed by atoms with E-state index >= 15 is 0 Å². The number of rotatable bonds is 16. The van der Waals surface area contributed by atoms with Gasteiger partial charge in [-0.1, -0.05) is 97.8 Å². The highest BCUT2D eigenvalue weighted by atomic mass is 16.4. The van der Waals surface area contributed by atoms with E-state index in [1.165, 1.54) is 77.0 Å². The van der Waals surface area contributed by atoms with Gasteiger partial charge in [-0.2, -0.15) is 0 Å². The van der Waals surface area contributed by atoms with Gasteiger partial charge in [0.15, 0.2) is 0 Å². The van der Waals surface area contributed by atoms with Crippen LogP contribution in [0.4, 0.5) is 0 Å². The highest BCUT2D eigenvalue weighted by Gasteiger charge is 2.18. The minimum absolute atomic E-state index is 0.191. The van der Waals surface area contributed by atoms with Gasteiger partial charge in [-0.25, -0.2) is 0 Å². The van der Waals surface area contributed by atoms with E-state index < -0.39 is 5.97 Å². The molecule has 0 aromatic heterocycles. The predicted octanol–water partition coefficient (Wildman–Crippen LogP) is 6.97. The molecule has 0 saturated carbocycles. The van der Waals surface area contributed by atoms with E-state index in [4.69, 9.17) is 5.11 Å². The van der Waals surface area contributed by atoms with Crippen molar-refractivity contribution in [2.75, 3.05) is 0 Å². The summed E-state index contributed by atoms with van der Waals surface area (Å²) in [6.45, 7) is 6.68. The Morgan fingerprint density at radius 1 is 0.727 bits per heavy atom. The lowest BCUT2D eigenvalue weighted by Gasteiger charge is -2.23. The first-order valence-corrected chi connectivity index (χ1v) is 9.70. The topological polar surface area (TPSA) is 37.3 Å². The van der Waals surface area contributed by atoms with Crippen molar-refractivity contribution in [2.24, 2.45) is 5.41 Å². The third-order valence-corrected chi connectivity index (χ3v) is 4.72.